The smallest absolute Gasteiger partial charge is 0.408 e. The van der Waals surface area contributed by atoms with Crippen molar-refractivity contribution in [2.75, 3.05) is 0 Å². The summed E-state index contributed by atoms with van der Waals surface area (Å²) in [6, 6.07) is -0.391. The standard InChI is InChI=1S/C12H21NO3/c1-12(2,3)16-11(15)13-10(8-14)9-6-4-5-7-9/h8-10H,4-7H2,1-3H3,(H,13,15). The Morgan fingerprint density at radius 2 is 1.94 bits per heavy atom. The number of hydrogen-bond donors (Lipinski definition) is 1. The lowest BCUT2D eigenvalue weighted by Crippen LogP contribution is -2.43. The molecular formula is C12H21NO3. The molecule has 0 heterocycles. The fourth-order valence-corrected chi connectivity index (χ4v) is 2.02. The van der Waals surface area contributed by atoms with Gasteiger partial charge in [-0.3, -0.25) is 0 Å². The summed E-state index contributed by atoms with van der Waals surface area (Å²) in [4.78, 5) is 22.4. The Morgan fingerprint density at radius 1 is 1.38 bits per heavy atom. The van der Waals surface area contributed by atoms with E-state index < -0.39 is 17.7 Å². The van der Waals surface area contributed by atoms with Gasteiger partial charge in [-0.1, -0.05) is 12.8 Å². The second kappa shape index (κ2) is 5.32. The molecule has 0 radical (unpaired) electrons. The summed E-state index contributed by atoms with van der Waals surface area (Å²) < 4.78 is 5.12. The van der Waals surface area contributed by atoms with Crippen LogP contribution < -0.4 is 5.32 Å². The number of amides is 1. The number of alkyl carbamates (subject to hydrolysis) is 1. The lowest BCUT2D eigenvalue weighted by atomic mass is 10.00. The molecule has 4 nitrogen and oxygen atoms in total. The molecule has 1 aliphatic rings. The Bertz CT molecular complexity index is 251. The van der Waals surface area contributed by atoms with Gasteiger partial charge in [0, 0.05) is 0 Å². The Morgan fingerprint density at radius 3 is 2.38 bits per heavy atom. The van der Waals surface area contributed by atoms with Gasteiger partial charge < -0.3 is 14.8 Å². The molecule has 1 saturated carbocycles. The topological polar surface area (TPSA) is 55.4 Å². The summed E-state index contributed by atoms with van der Waals surface area (Å²) in [5.41, 5.74) is -0.521. The van der Waals surface area contributed by atoms with Crippen LogP contribution in [0.25, 0.3) is 0 Å². The van der Waals surface area contributed by atoms with Crippen LogP contribution in [0.4, 0.5) is 4.79 Å². The molecule has 1 unspecified atom stereocenters. The predicted octanol–water partition coefficient (Wildman–Crippen LogP) is 2.27. The van der Waals surface area contributed by atoms with Gasteiger partial charge in [-0.05, 0) is 39.5 Å². The van der Waals surface area contributed by atoms with E-state index in [0.29, 0.717) is 0 Å². The van der Waals surface area contributed by atoms with Crippen LogP contribution in [0.1, 0.15) is 46.5 Å². The maximum Gasteiger partial charge on any atom is 0.408 e. The van der Waals surface area contributed by atoms with E-state index in [1.807, 2.05) is 0 Å². The van der Waals surface area contributed by atoms with Crippen LogP contribution >= 0.6 is 0 Å². The van der Waals surface area contributed by atoms with Crippen molar-refractivity contribution < 1.29 is 14.3 Å². The van der Waals surface area contributed by atoms with Crippen LogP contribution in [-0.2, 0) is 9.53 Å². The van der Waals surface area contributed by atoms with Crippen LogP contribution in [-0.4, -0.2) is 24.0 Å². The monoisotopic (exact) mass is 227 g/mol. The highest BCUT2D eigenvalue weighted by Crippen LogP contribution is 2.27. The average Bonchev–Trinajstić information content (AvgIpc) is 2.63. The zero-order valence-corrected chi connectivity index (χ0v) is 10.3. The van der Waals surface area contributed by atoms with Crippen LogP contribution in [0.5, 0.6) is 0 Å². The Kier molecular flexibility index (Phi) is 4.33. The molecule has 4 heteroatoms. The highest BCUT2D eigenvalue weighted by molar-refractivity contribution is 5.73. The zero-order valence-electron chi connectivity index (χ0n) is 10.3. The molecule has 0 aromatic rings. The van der Waals surface area contributed by atoms with Crippen molar-refractivity contribution >= 4 is 12.4 Å². The summed E-state index contributed by atoms with van der Waals surface area (Å²) in [5.74, 6) is 0.282. The van der Waals surface area contributed by atoms with Gasteiger partial charge in [-0.15, -0.1) is 0 Å². The molecule has 0 bridgehead atoms. The Balaban J connectivity index is 2.43. The minimum Gasteiger partial charge on any atom is -0.444 e. The van der Waals surface area contributed by atoms with Gasteiger partial charge in [-0.2, -0.15) is 0 Å². The Hall–Kier alpha value is -1.06. The van der Waals surface area contributed by atoms with Crippen LogP contribution in [0, 0.1) is 5.92 Å². The van der Waals surface area contributed by atoms with E-state index in [0.717, 1.165) is 32.0 Å². The number of rotatable bonds is 3. The predicted molar refractivity (Wildman–Crippen MR) is 61.2 cm³/mol. The van der Waals surface area contributed by atoms with Gasteiger partial charge in [0.05, 0.1) is 6.04 Å². The molecule has 0 aromatic heterocycles. The number of ether oxygens (including phenoxy) is 1. The van der Waals surface area contributed by atoms with Crippen molar-refractivity contribution in [1.82, 2.24) is 5.32 Å². The van der Waals surface area contributed by atoms with E-state index in [-0.39, 0.29) is 5.92 Å². The summed E-state index contributed by atoms with van der Waals surface area (Å²) in [5, 5.41) is 2.64. The van der Waals surface area contributed by atoms with Crippen molar-refractivity contribution in [2.24, 2.45) is 5.92 Å². The number of carbonyl (C=O) groups excluding carboxylic acids is 2. The van der Waals surface area contributed by atoms with Gasteiger partial charge in [0.25, 0.3) is 0 Å². The first-order valence-corrected chi connectivity index (χ1v) is 5.87. The molecule has 0 aliphatic heterocycles. The molecule has 0 aromatic carbocycles. The molecule has 92 valence electrons. The largest absolute Gasteiger partial charge is 0.444 e. The highest BCUT2D eigenvalue weighted by Gasteiger charge is 2.27. The molecule has 16 heavy (non-hydrogen) atoms. The molecule has 0 spiro atoms. The molecule has 0 saturated heterocycles. The first kappa shape index (κ1) is 13.0. The van der Waals surface area contributed by atoms with E-state index in [2.05, 4.69) is 5.32 Å². The number of hydrogen-bond acceptors (Lipinski definition) is 3. The van der Waals surface area contributed by atoms with Gasteiger partial charge in [0.2, 0.25) is 0 Å². The number of aldehydes is 1. The first-order valence-electron chi connectivity index (χ1n) is 5.87. The second-order valence-corrected chi connectivity index (χ2v) is 5.35. The van der Waals surface area contributed by atoms with E-state index in [4.69, 9.17) is 4.74 Å². The molecule has 1 rings (SSSR count). The maximum absolute atomic E-state index is 11.5. The van der Waals surface area contributed by atoms with Gasteiger partial charge >= 0.3 is 6.09 Å². The van der Waals surface area contributed by atoms with Gasteiger partial charge in [-0.25, -0.2) is 4.79 Å². The first-order chi connectivity index (χ1) is 7.42. The minimum absolute atomic E-state index is 0.282. The molecule has 1 atom stereocenters. The van der Waals surface area contributed by atoms with Crippen molar-refractivity contribution in [2.45, 2.75) is 58.1 Å². The minimum atomic E-state index is -0.521. The SMILES string of the molecule is CC(C)(C)OC(=O)NC(C=O)C1CCCC1. The average molecular weight is 227 g/mol. The fourth-order valence-electron chi connectivity index (χ4n) is 2.02. The highest BCUT2D eigenvalue weighted by atomic mass is 16.6. The normalized spacial score (nSPS) is 19.2. The van der Waals surface area contributed by atoms with Crippen LogP contribution in [0.15, 0.2) is 0 Å². The van der Waals surface area contributed by atoms with E-state index in [9.17, 15) is 9.59 Å². The van der Waals surface area contributed by atoms with Crippen molar-refractivity contribution in [3.63, 3.8) is 0 Å². The zero-order chi connectivity index (χ0) is 12.2. The van der Waals surface area contributed by atoms with Crippen molar-refractivity contribution in [3.8, 4) is 0 Å². The molecule has 1 amide bonds. The Labute approximate surface area is 96.7 Å². The van der Waals surface area contributed by atoms with Crippen molar-refractivity contribution in [1.29, 1.82) is 0 Å². The third kappa shape index (κ3) is 4.21. The summed E-state index contributed by atoms with van der Waals surface area (Å²) >= 11 is 0. The quantitative estimate of drug-likeness (QED) is 0.752. The van der Waals surface area contributed by atoms with E-state index >= 15 is 0 Å². The molecular weight excluding hydrogens is 206 g/mol. The summed E-state index contributed by atoms with van der Waals surface area (Å²) in [7, 11) is 0. The van der Waals surface area contributed by atoms with Gasteiger partial charge in [0.1, 0.15) is 11.9 Å². The van der Waals surface area contributed by atoms with E-state index in [1.54, 1.807) is 20.8 Å². The third-order valence-electron chi connectivity index (χ3n) is 2.74. The van der Waals surface area contributed by atoms with Crippen molar-refractivity contribution in [3.05, 3.63) is 0 Å². The molecule has 1 aliphatic carbocycles. The molecule has 1 N–H and O–H groups in total. The summed E-state index contributed by atoms with van der Waals surface area (Å²) in [6.45, 7) is 5.41. The number of carbonyl (C=O) groups is 2. The molecule has 1 fully saturated rings. The second-order valence-electron chi connectivity index (χ2n) is 5.35. The maximum atomic E-state index is 11.5. The number of nitrogens with one attached hydrogen (secondary N) is 1. The van der Waals surface area contributed by atoms with Crippen LogP contribution in [0.3, 0.4) is 0 Å². The van der Waals surface area contributed by atoms with E-state index in [1.165, 1.54) is 0 Å². The van der Waals surface area contributed by atoms with Gasteiger partial charge in [0.15, 0.2) is 0 Å². The lowest BCUT2D eigenvalue weighted by Gasteiger charge is -2.23. The fraction of sp³-hybridized carbons (Fsp3) is 0.833. The lowest BCUT2D eigenvalue weighted by molar-refractivity contribution is -0.110. The third-order valence-corrected chi connectivity index (χ3v) is 2.74. The van der Waals surface area contributed by atoms with Crippen LogP contribution in [0.2, 0.25) is 0 Å². The summed E-state index contributed by atoms with van der Waals surface area (Å²) in [6.07, 6.45) is 4.63.